The number of hydrogen-bond donors (Lipinski definition) is 0. The van der Waals surface area contributed by atoms with Gasteiger partial charge < -0.3 is 24.8 Å². The first-order valence-corrected chi connectivity index (χ1v) is 10.7. The second-order valence-electron chi connectivity index (χ2n) is 7.68. The van der Waals surface area contributed by atoms with Gasteiger partial charge in [-0.25, -0.2) is 0 Å². The molecule has 6 rings (SSSR count). The first-order chi connectivity index (χ1) is 15.4. The van der Waals surface area contributed by atoms with E-state index in [1.54, 1.807) is 0 Å². The van der Waals surface area contributed by atoms with Crippen molar-refractivity contribution in [2.45, 2.75) is 6.42 Å². The van der Waals surface area contributed by atoms with E-state index < -0.39 is 0 Å². The van der Waals surface area contributed by atoms with Crippen LogP contribution in [0.25, 0.3) is 16.7 Å². The summed E-state index contributed by atoms with van der Waals surface area (Å²) in [4.78, 5) is 0. The molecule has 0 bridgehead atoms. The largest absolute Gasteiger partial charge is 3.00 e. The van der Waals surface area contributed by atoms with Gasteiger partial charge in [-0.2, -0.15) is 29.8 Å². The first-order valence-electron chi connectivity index (χ1n) is 10.7. The summed E-state index contributed by atoms with van der Waals surface area (Å²) >= 11 is 0. The topological polar surface area (TPSA) is 0 Å². The number of rotatable bonds is 2. The van der Waals surface area contributed by atoms with Crippen LogP contribution in [0.2, 0.25) is 0 Å². The second kappa shape index (κ2) is 13.5. The molecule has 0 N–H and O–H groups in total. The summed E-state index contributed by atoms with van der Waals surface area (Å²) in [5, 5.41) is 0. The molecule has 0 heterocycles. The third-order valence-electron chi connectivity index (χ3n) is 5.69. The van der Waals surface area contributed by atoms with E-state index in [2.05, 4.69) is 127 Å². The van der Waals surface area contributed by atoms with Crippen LogP contribution in [0, 0.1) is 6.07 Å². The van der Waals surface area contributed by atoms with Crippen molar-refractivity contribution in [1.82, 2.24) is 0 Å². The fraction of sp³-hybridized carbons (Fsp3) is 0.0323. The molecule has 0 nitrogen and oxygen atoms in total. The maximum absolute atomic E-state index is 3.30. The summed E-state index contributed by atoms with van der Waals surface area (Å²) < 4.78 is 0. The molecule has 0 aliphatic heterocycles. The molecule has 4 aromatic carbocycles. The van der Waals surface area contributed by atoms with E-state index in [-0.39, 0.29) is 51.0 Å². The third-order valence-corrected chi connectivity index (χ3v) is 5.69. The van der Waals surface area contributed by atoms with E-state index in [0.717, 1.165) is 6.42 Å². The molecule has 0 saturated heterocycles. The van der Waals surface area contributed by atoms with Gasteiger partial charge in [0.25, 0.3) is 0 Å². The summed E-state index contributed by atoms with van der Waals surface area (Å²) in [5.41, 5.74) is 10.6. The summed E-state index contributed by atoms with van der Waals surface area (Å²) in [5.74, 6) is 0. The second-order valence-corrected chi connectivity index (χ2v) is 7.68. The van der Waals surface area contributed by atoms with Crippen molar-refractivity contribution in [3.8, 4) is 11.1 Å². The van der Waals surface area contributed by atoms with Gasteiger partial charge in [0.15, 0.2) is 0 Å². The molecule has 2 aliphatic carbocycles. The Bertz CT molecular complexity index is 1190. The molecule has 0 aromatic heterocycles. The average molecular weight is 558 g/mol. The average Bonchev–Trinajstić information content (AvgIpc) is 3.49. The first kappa shape index (κ1) is 27.8. The SMILES string of the molecule is C1=CC(=C(c2ccccc2)c2ccccc2)C=C1.[Cl-].[Cl-].[Zr+3].[c-]1cccc2c1Cc1ccccc1-2. The van der Waals surface area contributed by atoms with Gasteiger partial charge in [-0.15, -0.1) is 5.56 Å². The maximum Gasteiger partial charge on any atom is 3.00 e. The molecule has 1 radical (unpaired) electrons. The van der Waals surface area contributed by atoms with Crippen LogP contribution in [-0.4, -0.2) is 0 Å². The molecule has 2 aliphatic rings. The van der Waals surface area contributed by atoms with Gasteiger partial charge in [-0.3, -0.25) is 0 Å². The Labute approximate surface area is 234 Å². The van der Waals surface area contributed by atoms with E-state index >= 15 is 0 Å². The third kappa shape index (κ3) is 6.16. The summed E-state index contributed by atoms with van der Waals surface area (Å²) in [6.07, 6.45) is 9.54. The predicted octanol–water partition coefficient (Wildman–Crippen LogP) is 1.68. The molecule has 0 unspecified atom stereocenters. The number of fused-ring (bicyclic) bond motifs is 3. The van der Waals surface area contributed by atoms with Crippen molar-refractivity contribution in [3.63, 3.8) is 0 Å². The molecule has 4 aromatic rings. The minimum atomic E-state index is 0. The normalized spacial score (nSPS) is 11.6. The van der Waals surface area contributed by atoms with Gasteiger partial charge in [0.1, 0.15) is 0 Å². The smallest absolute Gasteiger partial charge is 1.00 e. The van der Waals surface area contributed by atoms with Crippen LogP contribution in [0.1, 0.15) is 22.3 Å². The minimum absolute atomic E-state index is 0. The zero-order chi connectivity index (χ0) is 20.9. The maximum atomic E-state index is 3.30. The van der Waals surface area contributed by atoms with Crippen LogP contribution in [0.4, 0.5) is 0 Å². The number of halogens is 2. The van der Waals surface area contributed by atoms with Crippen molar-refractivity contribution < 1.29 is 51.0 Å². The molecular weight excluding hydrogens is 534 g/mol. The molecule has 0 spiro atoms. The standard InChI is InChI=1S/C18H14.C13H9.2ClH.Zr/c1-3-9-15(10-4-1)18(17-13-7-8-14-17)16-11-5-2-6-12-16;1-3-7-12-10(5-1)9-11-6-2-4-8-13(11)12;;;/h1-14H;1-5,7-8H,9H2;2*1H;/q;-1;;;+3/p-2. The van der Waals surface area contributed by atoms with Crippen LogP contribution in [0.15, 0.2) is 133 Å². The Hall–Kier alpha value is -2.44. The summed E-state index contributed by atoms with van der Waals surface area (Å²) in [6, 6.07) is 39.2. The van der Waals surface area contributed by atoms with E-state index in [1.165, 1.54) is 44.5 Å². The summed E-state index contributed by atoms with van der Waals surface area (Å²) in [7, 11) is 0. The van der Waals surface area contributed by atoms with E-state index in [4.69, 9.17) is 0 Å². The van der Waals surface area contributed by atoms with Crippen LogP contribution in [0.3, 0.4) is 0 Å². The zero-order valence-corrected chi connectivity index (χ0v) is 22.6. The van der Waals surface area contributed by atoms with Crippen LogP contribution >= 0.6 is 0 Å². The summed E-state index contributed by atoms with van der Waals surface area (Å²) in [6.45, 7) is 0. The van der Waals surface area contributed by atoms with Gasteiger partial charge in [-0.05, 0) is 28.7 Å². The van der Waals surface area contributed by atoms with E-state index in [1.807, 2.05) is 6.07 Å². The molecule has 0 atom stereocenters. The molecule has 34 heavy (non-hydrogen) atoms. The van der Waals surface area contributed by atoms with E-state index in [9.17, 15) is 0 Å². The predicted molar refractivity (Wildman–Crippen MR) is 131 cm³/mol. The van der Waals surface area contributed by atoms with Gasteiger partial charge in [0.2, 0.25) is 0 Å². The van der Waals surface area contributed by atoms with Gasteiger partial charge >= 0.3 is 26.2 Å². The fourth-order valence-electron chi connectivity index (χ4n) is 4.25. The Morgan fingerprint density at radius 3 is 1.74 bits per heavy atom. The molecular formula is C31H23Cl2Zr. The molecule has 165 valence electrons. The van der Waals surface area contributed by atoms with Crippen molar-refractivity contribution in [2.75, 3.05) is 0 Å². The Kier molecular flexibility index (Phi) is 11.0. The molecule has 0 fully saturated rings. The Morgan fingerprint density at radius 2 is 1.12 bits per heavy atom. The van der Waals surface area contributed by atoms with Crippen LogP contribution < -0.4 is 24.8 Å². The van der Waals surface area contributed by atoms with Crippen molar-refractivity contribution in [1.29, 1.82) is 0 Å². The fourth-order valence-corrected chi connectivity index (χ4v) is 4.25. The number of allylic oxidation sites excluding steroid dienone is 5. The van der Waals surface area contributed by atoms with Crippen molar-refractivity contribution in [2.24, 2.45) is 0 Å². The number of hydrogen-bond acceptors (Lipinski definition) is 0. The van der Waals surface area contributed by atoms with Gasteiger partial charge in [0.05, 0.1) is 0 Å². The molecule has 0 saturated carbocycles. The van der Waals surface area contributed by atoms with Crippen molar-refractivity contribution in [3.05, 3.63) is 161 Å². The van der Waals surface area contributed by atoms with Crippen LogP contribution in [-0.2, 0) is 32.6 Å². The van der Waals surface area contributed by atoms with Gasteiger partial charge in [0, 0.05) is 0 Å². The van der Waals surface area contributed by atoms with Gasteiger partial charge in [-0.1, -0.05) is 120 Å². The molecule has 0 amide bonds. The quantitative estimate of drug-likeness (QED) is 0.290. The Morgan fingerprint density at radius 1 is 0.588 bits per heavy atom. The number of benzene rings is 4. The van der Waals surface area contributed by atoms with Crippen molar-refractivity contribution >= 4 is 5.57 Å². The zero-order valence-electron chi connectivity index (χ0n) is 18.6. The Balaban J connectivity index is 0.000000229. The minimum Gasteiger partial charge on any atom is -1.00 e. The van der Waals surface area contributed by atoms with Crippen LogP contribution in [0.5, 0.6) is 0 Å². The monoisotopic (exact) mass is 555 g/mol. The molecule has 3 heteroatoms. The van der Waals surface area contributed by atoms with E-state index in [0.29, 0.717) is 0 Å².